The summed E-state index contributed by atoms with van der Waals surface area (Å²) in [5, 5.41) is 18.0. The van der Waals surface area contributed by atoms with Crippen molar-refractivity contribution < 1.29 is 35.8 Å². The minimum absolute atomic E-state index is 0.0357. The Labute approximate surface area is 170 Å². The molecule has 0 aliphatic rings. The van der Waals surface area contributed by atoms with Gasteiger partial charge in [-0.15, -0.1) is 10.2 Å². The number of nitrogens with zero attached hydrogens (tertiary/aromatic N) is 2. The Morgan fingerprint density at radius 1 is 0.900 bits per heavy atom. The van der Waals surface area contributed by atoms with Gasteiger partial charge in [-0.1, -0.05) is 0 Å². The third kappa shape index (κ3) is 4.18. The number of phenols is 1. The lowest BCUT2D eigenvalue weighted by Gasteiger charge is -2.09. The molecule has 0 aromatic heterocycles. The average molecular weight is 452 g/mol. The highest BCUT2D eigenvalue weighted by Crippen LogP contribution is 2.42. The van der Waals surface area contributed by atoms with Gasteiger partial charge in [-0.05, 0) is 41.8 Å². The molecule has 0 spiro atoms. The monoisotopic (exact) mass is 452 g/mol. The van der Waals surface area contributed by atoms with Crippen molar-refractivity contribution >= 4 is 48.1 Å². The smallest absolute Gasteiger partial charge is 0.296 e. The number of azo groups is 1. The van der Waals surface area contributed by atoms with Crippen LogP contribution < -0.4 is 10.5 Å². The SMILES string of the molecule is COc1ccc(/N=N/c2c(S(=O)(=O)O)cc3cc([NH])ccc3c2O)c(S(=O)(=O)O)c1. The predicted molar refractivity (Wildman–Crippen MR) is 105 cm³/mol. The van der Waals surface area contributed by atoms with Gasteiger partial charge in [0.1, 0.15) is 26.9 Å². The molecule has 0 atom stereocenters. The van der Waals surface area contributed by atoms with Crippen LogP contribution in [0.5, 0.6) is 11.5 Å². The first-order chi connectivity index (χ1) is 13.9. The van der Waals surface area contributed by atoms with Crippen LogP contribution in [0.4, 0.5) is 17.1 Å². The summed E-state index contributed by atoms with van der Waals surface area (Å²) in [6.45, 7) is 0. The Kier molecular flexibility index (Phi) is 5.38. The van der Waals surface area contributed by atoms with Gasteiger partial charge < -0.3 is 15.6 Å². The Morgan fingerprint density at radius 2 is 1.57 bits per heavy atom. The Bertz CT molecular complexity index is 1400. The molecular weight excluding hydrogens is 438 g/mol. The summed E-state index contributed by atoms with van der Waals surface area (Å²) >= 11 is 0. The fourth-order valence-corrected chi connectivity index (χ4v) is 3.96. The maximum atomic E-state index is 11.8. The van der Waals surface area contributed by atoms with Crippen molar-refractivity contribution in [3.05, 3.63) is 42.5 Å². The van der Waals surface area contributed by atoms with Gasteiger partial charge >= 0.3 is 0 Å². The van der Waals surface area contributed by atoms with Crippen molar-refractivity contribution in [3.8, 4) is 11.5 Å². The fraction of sp³-hybridized carbons (Fsp3) is 0.0588. The number of ether oxygens (including phenoxy) is 1. The van der Waals surface area contributed by atoms with E-state index in [0.29, 0.717) is 0 Å². The number of methoxy groups -OCH3 is 1. The summed E-state index contributed by atoms with van der Waals surface area (Å²) in [6, 6.07) is 8.39. The van der Waals surface area contributed by atoms with E-state index in [1.54, 1.807) is 0 Å². The van der Waals surface area contributed by atoms with Crippen molar-refractivity contribution in [2.75, 3.05) is 7.11 Å². The van der Waals surface area contributed by atoms with E-state index in [0.717, 1.165) is 18.2 Å². The molecule has 157 valence electrons. The van der Waals surface area contributed by atoms with Crippen LogP contribution in [0.25, 0.3) is 10.8 Å². The number of hydrogen-bond donors (Lipinski definition) is 3. The molecule has 0 aliphatic heterocycles. The molecule has 3 rings (SSSR count). The van der Waals surface area contributed by atoms with Crippen LogP contribution in [0, 0.1) is 0 Å². The van der Waals surface area contributed by atoms with E-state index < -0.39 is 41.5 Å². The maximum absolute atomic E-state index is 11.8. The second-order valence-electron chi connectivity index (χ2n) is 5.99. The molecule has 0 bridgehead atoms. The average Bonchev–Trinajstić information content (AvgIpc) is 2.65. The van der Waals surface area contributed by atoms with Crippen molar-refractivity contribution in [2.45, 2.75) is 9.79 Å². The van der Waals surface area contributed by atoms with E-state index in [-0.39, 0.29) is 27.9 Å². The fourth-order valence-electron chi connectivity index (χ4n) is 2.66. The van der Waals surface area contributed by atoms with E-state index >= 15 is 0 Å². The van der Waals surface area contributed by atoms with Gasteiger partial charge in [0.05, 0.1) is 12.8 Å². The van der Waals surface area contributed by atoms with Crippen LogP contribution in [-0.2, 0) is 20.2 Å². The first-order valence-electron chi connectivity index (χ1n) is 7.98. The quantitative estimate of drug-likeness (QED) is 0.388. The maximum Gasteiger partial charge on any atom is 0.296 e. The molecule has 0 saturated carbocycles. The molecule has 3 aromatic rings. The van der Waals surface area contributed by atoms with E-state index in [1.807, 2.05) is 0 Å². The molecule has 30 heavy (non-hydrogen) atoms. The highest BCUT2D eigenvalue weighted by molar-refractivity contribution is 7.86. The van der Waals surface area contributed by atoms with Crippen molar-refractivity contribution in [1.29, 1.82) is 0 Å². The largest absolute Gasteiger partial charge is 0.505 e. The molecule has 0 unspecified atom stereocenters. The number of fused-ring (bicyclic) bond motifs is 1. The van der Waals surface area contributed by atoms with Crippen molar-refractivity contribution in [1.82, 2.24) is 5.73 Å². The van der Waals surface area contributed by atoms with Crippen LogP contribution in [0.1, 0.15) is 0 Å². The summed E-state index contributed by atoms with van der Waals surface area (Å²) < 4.78 is 70.7. The van der Waals surface area contributed by atoms with Gasteiger partial charge in [0.2, 0.25) is 0 Å². The van der Waals surface area contributed by atoms with Gasteiger partial charge in [-0.2, -0.15) is 16.8 Å². The number of aromatic hydroxyl groups is 1. The van der Waals surface area contributed by atoms with Gasteiger partial charge in [0.15, 0.2) is 5.75 Å². The Balaban J connectivity index is 2.27. The van der Waals surface area contributed by atoms with Gasteiger partial charge in [0.25, 0.3) is 20.2 Å². The molecule has 0 amide bonds. The Morgan fingerprint density at radius 3 is 2.17 bits per heavy atom. The third-order valence-electron chi connectivity index (χ3n) is 4.03. The second-order valence-corrected chi connectivity index (χ2v) is 8.77. The molecule has 1 radical (unpaired) electrons. The standard InChI is InChI=1S/C17H14N3O8S2/c1-28-11-3-5-13(14(8-11)29(22,23)24)19-20-16-15(30(25,26)27)7-9-6-10(18)2-4-12(9)17(16)21/h2-8,18,21H,1H3,(H,22,23,24)(H,25,26,27)/b20-19+. The van der Waals surface area contributed by atoms with Crippen molar-refractivity contribution in [2.24, 2.45) is 10.2 Å². The molecule has 3 aromatic carbocycles. The molecular formula is C17H14N3O8S2. The highest BCUT2D eigenvalue weighted by atomic mass is 32.2. The zero-order valence-electron chi connectivity index (χ0n) is 15.1. The van der Waals surface area contributed by atoms with Crippen LogP contribution >= 0.6 is 0 Å². The van der Waals surface area contributed by atoms with Crippen LogP contribution in [0.3, 0.4) is 0 Å². The summed E-state index contributed by atoms with van der Waals surface area (Å²) in [7, 11) is -8.34. The molecule has 13 heteroatoms. The molecule has 11 nitrogen and oxygen atoms in total. The zero-order chi connectivity index (χ0) is 22.3. The number of rotatable bonds is 5. The number of nitrogens with one attached hydrogen (secondary N) is 1. The third-order valence-corrected chi connectivity index (χ3v) is 5.78. The lowest BCUT2D eigenvalue weighted by Crippen LogP contribution is -2.00. The van der Waals surface area contributed by atoms with Crippen LogP contribution in [0.15, 0.2) is 62.5 Å². The van der Waals surface area contributed by atoms with Gasteiger partial charge in [0, 0.05) is 11.5 Å². The molecule has 0 aliphatic carbocycles. The molecule has 0 fully saturated rings. The topological polar surface area (TPSA) is 187 Å². The van der Waals surface area contributed by atoms with Crippen LogP contribution in [0.2, 0.25) is 0 Å². The first-order valence-corrected chi connectivity index (χ1v) is 10.9. The highest BCUT2D eigenvalue weighted by Gasteiger charge is 2.23. The number of hydrogen-bond acceptors (Lipinski definition) is 8. The number of phenolic OH excluding ortho intramolecular Hbond substituents is 1. The minimum Gasteiger partial charge on any atom is -0.505 e. The van der Waals surface area contributed by atoms with Crippen LogP contribution in [-0.4, -0.2) is 38.2 Å². The van der Waals surface area contributed by atoms with E-state index in [4.69, 9.17) is 10.5 Å². The first kappa shape index (κ1) is 21.4. The van der Waals surface area contributed by atoms with E-state index in [9.17, 15) is 31.0 Å². The summed E-state index contributed by atoms with van der Waals surface area (Å²) in [5.41, 5.74) is 6.62. The normalized spacial score (nSPS) is 12.5. The second kappa shape index (κ2) is 7.53. The zero-order valence-corrected chi connectivity index (χ0v) is 16.8. The molecule has 0 heterocycles. The molecule has 0 saturated heterocycles. The van der Waals surface area contributed by atoms with Crippen molar-refractivity contribution in [3.63, 3.8) is 0 Å². The molecule has 4 N–H and O–H groups in total. The Hall–Kier alpha value is -3.26. The van der Waals surface area contributed by atoms with Gasteiger partial charge in [-0.25, -0.2) is 0 Å². The van der Waals surface area contributed by atoms with Gasteiger partial charge in [-0.3, -0.25) is 9.11 Å². The summed E-state index contributed by atoms with van der Waals surface area (Å²) in [5.74, 6) is -0.564. The lowest BCUT2D eigenvalue weighted by atomic mass is 10.1. The summed E-state index contributed by atoms with van der Waals surface area (Å²) in [4.78, 5) is -1.47. The number of benzene rings is 3. The van der Waals surface area contributed by atoms with E-state index in [2.05, 4.69) is 10.2 Å². The predicted octanol–water partition coefficient (Wildman–Crippen LogP) is 3.38. The minimum atomic E-state index is -4.88. The van der Waals surface area contributed by atoms with E-state index in [1.165, 1.54) is 31.4 Å². The summed E-state index contributed by atoms with van der Waals surface area (Å²) in [6.07, 6.45) is 0. The lowest BCUT2D eigenvalue weighted by molar-refractivity contribution is 0.412.